The van der Waals surface area contributed by atoms with Gasteiger partial charge in [-0.3, -0.25) is 4.79 Å². The Kier molecular flexibility index (Phi) is 6.75. The van der Waals surface area contributed by atoms with Crippen LogP contribution in [-0.4, -0.2) is 17.5 Å². The van der Waals surface area contributed by atoms with Crippen molar-refractivity contribution in [3.8, 4) is 0 Å². The molecule has 29 heavy (non-hydrogen) atoms. The number of halogens is 1. The van der Waals surface area contributed by atoms with Gasteiger partial charge >= 0.3 is 0 Å². The summed E-state index contributed by atoms with van der Waals surface area (Å²) in [5, 5.41) is 12.9. The van der Waals surface area contributed by atoms with Gasteiger partial charge in [0.05, 0.1) is 10.6 Å². The molecule has 0 spiro atoms. The molecule has 1 amide bonds. The van der Waals surface area contributed by atoms with Gasteiger partial charge in [-0.05, 0) is 43.0 Å². The van der Waals surface area contributed by atoms with Crippen molar-refractivity contribution in [2.45, 2.75) is 51.0 Å². The zero-order valence-electron chi connectivity index (χ0n) is 16.4. The summed E-state index contributed by atoms with van der Waals surface area (Å²) >= 11 is 6.21. The van der Waals surface area contributed by atoms with Crippen LogP contribution in [0.2, 0.25) is 5.02 Å². The van der Waals surface area contributed by atoms with Crippen molar-refractivity contribution in [3.05, 3.63) is 79.9 Å². The van der Waals surface area contributed by atoms with E-state index in [-0.39, 0.29) is 17.9 Å². The van der Waals surface area contributed by atoms with Gasteiger partial charge in [-0.2, -0.15) is 0 Å². The minimum atomic E-state index is -0.858. The molecule has 6 nitrogen and oxygen atoms in total. The van der Waals surface area contributed by atoms with Crippen molar-refractivity contribution in [2.24, 2.45) is 0 Å². The molecule has 2 aromatic rings. The minimum absolute atomic E-state index is 0.0829. The van der Waals surface area contributed by atoms with Crippen molar-refractivity contribution in [1.29, 1.82) is 0 Å². The van der Waals surface area contributed by atoms with E-state index in [0.717, 1.165) is 25.7 Å². The predicted molar refractivity (Wildman–Crippen MR) is 112 cm³/mol. The zero-order chi connectivity index (χ0) is 20.9. The Labute approximate surface area is 175 Å². The molecular weight excluding hydrogens is 392 g/mol. The Balaban J connectivity index is 1.76. The molecular formula is C22H25ClN2O4. The van der Waals surface area contributed by atoms with E-state index < -0.39 is 5.09 Å². The number of nitrogens with one attached hydrogen (secondary N) is 1. The second-order valence-electron chi connectivity index (χ2n) is 7.70. The fourth-order valence-corrected chi connectivity index (χ4v) is 4.21. The molecule has 3 rings (SSSR count). The van der Waals surface area contributed by atoms with E-state index in [1.807, 2.05) is 0 Å². The molecule has 0 aromatic heterocycles. The average Bonchev–Trinajstić information content (AvgIpc) is 2.72. The van der Waals surface area contributed by atoms with Crippen molar-refractivity contribution in [1.82, 2.24) is 5.32 Å². The normalized spacial score (nSPS) is 15.5. The monoisotopic (exact) mass is 416 g/mol. The van der Waals surface area contributed by atoms with Crippen LogP contribution in [0, 0.1) is 17.0 Å². The highest BCUT2D eigenvalue weighted by molar-refractivity contribution is 6.33. The van der Waals surface area contributed by atoms with Crippen molar-refractivity contribution < 1.29 is 14.7 Å². The van der Waals surface area contributed by atoms with Gasteiger partial charge < -0.3 is 10.2 Å². The zero-order valence-corrected chi connectivity index (χ0v) is 17.2. The first-order chi connectivity index (χ1) is 13.9. The van der Waals surface area contributed by atoms with Crippen LogP contribution in [-0.2, 0) is 16.9 Å². The van der Waals surface area contributed by atoms with E-state index in [9.17, 15) is 14.9 Å². The van der Waals surface area contributed by atoms with Crippen LogP contribution in [0.3, 0.4) is 0 Å². The van der Waals surface area contributed by atoms with Crippen LogP contribution in [0.4, 0.5) is 0 Å². The molecule has 0 aliphatic heterocycles. The molecule has 0 atom stereocenters. The van der Waals surface area contributed by atoms with Crippen LogP contribution in [0.1, 0.15) is 59.2 Å². The summed E-state index contributed by atoms with van der Waals surface area (Å²) in [6.45, 7) is 2.37. The van der Waals surface area contributed by atoms with Gasteiger partial charge in [0.25, 0.3) is 11.0 Å². The molecule has 0 heterocycles. The average molecular weight is 417 g/mol. The highest BCUT2D eigenvalue weighted by Crippen LogP contribution is 2.39. The summed E-state index contributed by atoms with van der Waals surface area (Å²) in [6, 6.07) is 13.3. The summed E-state index contributed by atoms with van der Waals surface area (Å²) in [4.78, 5) is 27.6. The van der Waals surface area contributed by atoms with Gasteiger partial charge in [0.1, 0.15) is 6.61 Å². The lowest BCUT2D eigenvalue weighted by atomic mass is 9.69. The number of nitrogens with zero attached hydrogens (tertiary/aromatic N) is 1. The molecule has 7 heteroatoms. The summed E-state index contributed by atoms with van der Waals surface area (Å²) < 4.78 is 0. The molecule has 0 saturated heterocycles. The van der Waals surface area contributed by atoms with E-state index in [1.54, 1.807) is 18.2 Å². The summed E-state index contributed by atoms with van der Waals surface area (Å²) in [7, 11) is 0. The SMILES string of the molecule is Cc1ccc(C2(CNC(=O)c3cc(CO[N+](=O)[O-])ccc3Cl)CCCCC2)cc1. The molecule has 1 aliphatic rings. The maximum atomic E-state index is 12.9. The van der Waals surface area contributed by atoms with E-state index in [1.165, 1.54) is 17.5 Å². The van der Waals surface area contributed by atoms with Crippen LogP contribution >= 0.6 is 11.6 Å². The van der Waals surface area contributed by atoms with Crippen LogP contribution in [0.15, 0.2) is 42.5 Å². The topological polar surface area (TPSA) is 81.5 Å². The minimum Gasteiger partial charge on any atom is -0.351 e. The molecule has 1 aliphatic carbocycles. The Bertz CT molecular complexity index is 877. The number of hydrogen-bond donors (Lipinski definition) is 1. The molecule has 0 unspecified atom stereocenters. The second kappa shape index (κ2) is 9.27. The molecule has 0 bridgehead atoms. The fourth-order valence-electron chi connectivity index (χ4n) is 4.01. The Morgan fingerprint density at radius 3 is 2.52 bits per heavy atom. The first-order valence-corrected chi connectivity index (χ1v) is 10.2. The number of hydrogen-bond acceptors (Lipinski definition) is 4. The van der Waals surface area contributed by atoms with Crippen molar-refractivity contribution >= 4 is 17.5 Å². The molecule has 2 aromatic carbocycles. The quantitative estimate of drug-likeness (QED) is 0.509. The molecule has 154 valence electrons. The number of carbonyl (C=O) groups excluding carboxylic acids is 1. The molecule has 1 saturated carbocycles. The maximum absolute atomic E-state index is 12.9. The summed E-state index contributed by atoms with van der Waals surface area (Å²) in [5.74, 6) is -0.282. The van der Waals surface area contributed by atoms with Crippen LogP contribution in [0.25, 0.3) is 0 Å². The van der Waals surface area contributed by atoms with Gasteiger partial charge in [-0.25, -0.2) is 0 Å². The van der Waals surface area contributed by atoms with E-state index in [4.69, 9.17) is 11.6 Å². The number of benzene rings is 2. The Hall–Kier alpha value is -2.60. The van der Waals surface area contributed by atoms with Crippen molar-refractivity contribution in [3.63, 3.8) is 0 Å². The fraction of sp³-hybridized carbons (Fsp3) is 0.409. The largest absolute Gasteiger partial charge is 0.351 e. The predicted octanol–water partition coefficient (Wildman–Crippen LogP) is 4.99. The maximum Gasteiger partial charge on any atom is 0.294 e. The Morgan fingerprint density at radius 1 is 1.17 bits per heavy atom. The highest BCUT2D eigenvalue weighted by Gasteiger charge is 2.34. The standard InChI is InChI=1S/C22H25ClN2O4/c1-16-5-8-18(9-6-16)22(11-3-2-4-12-22)15-24-21(26)19-13-17(7-10-20(19)23)14-29-25(27)28/h5-10,13H,2-4,11-12,14-15H2,1H3,(H,24,26). The Morgan fingerprint density at radius 2 is 1.86 bits per heavy atom. The smallest absolute Gasteiger partial charge is 0.294 e. The van der Waals surface area contributed by atoms with E-state index in [2.05, 4.69) is 41.3 Å². The first-order valence-electron chi connectivity index (χ1n) is 9.81. The third-order valence-electron chi connectivity index (χ3n) is 5.67. The number of aryl methyl sites for hydroxylation is 1. The van der Waals surface area contributed by atoms with Gasteiger partial charge in [-0.15, -0.1) is 10.1 Å². The number of rotatable bonds is 7. The summed E-state index contributed by atoms with van der Waals surface area (Å²) in [5.41, 5.74) is 3.19. The third-order valence-corrected chi connectivity index (χ3v) is 6.00. The molecule has 1 N–H and O–H groups in total. The van der Waals surface area contributed by atoms with Gasteiger partial charge in [0, 0.05) is 12.0 Å². The summed E-state index contributed by atoms with van der Waals surface area (Å²) in [6.07, 6.45) is 5.55. The molecule has 1 fully saturated rings. The van der Waals surface area contributed by atoms with Crippen LogP contribution in [0.5, 0.6) is 0 Å². The highest BCUT2D eigenvalue weighted by atomic mass is 35.5. The lowest BCUT2D eigenvalue weighted by Gasteiger charge is -2.38. The van der Waals surface area contributed by atoms with Gasteiger partial charge in [-0.1, -0.05) is 66.8 Å². The first kappa shape index (κ1) is 21.1. The van der Waals surface area contributed by atoms with E-state index in [0.29, 0.717) is 22.7 Å². The lowest BCUT2D eigenvalue weighted by molar-refractivity contribution is -0.763. The number of amides is 1. The van der Waals surface area contributed by atoms with Gasteiger partial charge in [0.15, 0.2) is 0 Å². The lowest BCUT2D eigenvalue weighted by Crippen LogP contribution is -2.42. The van der Waals surface area contributed by atoms with Crippen LogP contribution < -0.4 is 5.32 Å². The van der Waals surface area contributed by atoms with E-state index >= 15 is 0 Å². The molecule has 0 radical (unpaired) electrons. The van der Waals surface area contributed by atoms with Gasteiger partial charge in [0.2, 0.25) is 0 Å². The third kappa shape index (κ3) is 5.26. The van der Waals surface area contributed by atoms with Crippen molar-refractivity contribution in [2.75, 3.05) is 6.54 Å². The number of carbonyl (C=O) groups is 1. The second-order valence-corrected chi connectivity index (χ2v) is 8.11.